The van der Waals surface area contributed by atoms with Crippen LogP contribution in [0.2, 0.25) is 0 Å². The van der Waals surface area contributed by atoms with Gasteiger partial charge in [-0.3, -0.25) is 4.68 Å². The lowest BCUT2D eigenvalue weighted by Crippen LogP contribution is -2.46. The molecule has 0 spiro atoms. The van der Waals surface area contributed by atoms with Crippen LogP contribution < -0.4 is 5.32 Å². The van der Waals surface area contributed by atoms with Gasteiger partial charge in [-0.15, -0.1) is 0 Å². The second-order valence-electron chi connectivity index (χ2n) is 5.30. The lowest BCUT2D eigenvalue weighted by molar-refractivity contribution is 0.00259. The molecule has 2 rings (SSSR count). The normalized spacial score (nSPS) is 21.3. The van der Waals surface area contributed by atoms with E-state index in [1.807, 2.05) is 16.9 Å². The molecule has 1 aromatic heterocycles. The highest BCUT2D eigenvalue weighted by molar-refractivity contribution is 4.85. The number of nitrogens with zero attached hydrogens (tertiary/aromatic N) is 2. The first-order valence-corrected chi connectivity index (χ1v) is 6.61. The number of aliphatic hydroxyl groups is 1. The van der Waals surface area contributed by atoms with Gasteiger partial charge in [0, 0.05) is 25.0 Å². The molecule has 4 nitrogen and oxygen atoms in total. The molecular weight excluding hydrogens is 214 g/mol. The first-order valence-electron chi connectivity index (χ1n) is 6.61. The Labute approximate surface area is 103 Å². The van der Waals surface area contributed by atoms with Gasteiger partial charge in [0.05, 0.1) is 12.1 Å². The molecule has 1 aromatic rings. The van der Waals surface area contributed by atoms with Crippen LogP contribution >= 0.6 is 0 Å². The van der Waals surface area contributed by atoms with Crippen molar-refractivity contribution in [1.82, 2.24) is 15.1 Å². The van der Waals surface area contributed by atoms with Crippen molar-refractivity contribution in [3.05, 3.63) is 18.5 Å². The van der Waals surface area contributed by atoms with Gasteiger partial charge in [0.15, 0.2) is 0 Å². The van der Waals surface area contributed by atoms with Crippen LogP contribution in [0.1, 0.15) is 39.0 Å². The smallest absolute Gasteiger partial charge is 0.0771 e. The number of aromatic nitrogens is 2. The molecule has 0 bridgehead atoms. The fourth-order valence-corrected chi connectivity index (χ4v) is 2.50. The van der Waals surface area contributed by atoms with Gasteiger partial charge in [0.2, 0.25) is 0 Å². The van der Waals surface area contributed by atoms with Crippen LogP contribution in [0, 0.1) is 0 Å². The highest BCUT2D eigenvalue weighted by Gasteiger charge is 2.28. The largest absolute Gasteiger partial charge is 0.389 e. The highest BCUT2D eigenvalue weighted by atomic mass is 16.3. The van der Waals surface area contributed by atoms with Crippen LogP contribution in [0.15, 0.2) is 18.5 Å². The predicted molar refractivity (Wildman–Crippen MR) is 67.7 cm³/mol. The molecule has 1 atom stereocenters. The van der Waals surface area contributed by atoms with Gasteiger partial charge in [-0.25, -0.2) is 0 Å². The van der Waals surface area contributed by atoms with Crippen LogP contribution in [0.3, 0.4) is 0 Å². The van der Waals surface area contributed by atoms with E-state index in [9.17, 15) is 5.11 Å². The average Bonchev–Trinajstić information content (AvgIpc) is 2.80. The summed E-state index contributed by atoms with van der Waals surface area (Å²) in [7, 11) is 0. The van der Waals surface area contributed by atoms with Crippen molar-refractivity contribution < 1.29 is 5.11 Å². The lowest BCUT2D eigenvalue weighted by atomic mass is 9.85. The number of nitrogens with one attached hydrogen (secondary N) is 1. The van der Waals surface area contributed by atoms with Crippen LogP contribution in [0.4, 0.5) is 0 Å². The molecule has 1 fully saturated rings. The first kappa shape index (κ1) is 12.6. The molecule has 1 heterocycles. The van der Waals surface area contributed by atoms with Crippen molar-refractivity contribution in [3.63, 3.8) is 0 Å². The minimum absolute atomic E-state index is 0.334. The molecule has 1 aliphatic rings. The SMILES string of the molecule is C[C@@H](Cn1cccn1)NCC1(O)CCCCC1. The molecule has 0 amide bonds. The molecule has 4 heteroatoms. The second-order valence-corrected chi connectivity index (χ2v) is 5.30. The Kier molecular flexibility index (Phi) is 4.18. The third kappa shape index (κ3) is 3.82. The number of hydrogen-bond donors (Lipinski definition) is 2. The zero-order chi connectivity index (χ0) is 12.1. The van der Waals surface area contributed by atoms with E-state index in [4.69, 9.17) is 0 Å². The van der Waals surface area contributed by atoms with E-state index in [0.717, 1.165) is 32.2 Å². The van der Waals surface area contributed by atoms with Gasteiger partial charge < -0.3 is 10.4 Å². The summed E-state index contributed by atoms with van der Waals surface area (Å²) in [6, 6.07) is 2.27. The quantitative estimate of drug-likeness (QED) is 0.817. The van der Waals surface area contributed by atoms with Crippen LogP contribution in [-0.4, -0.2) is 33.1 Å². The van der Waals surface area contributed by atoms with Gasteiger partial charge in [-0.2, -0.15) is 5.10 Å². The summed E-state index contributed by atoms with van der Waals surface area (Å²) in [6.45, 7) is 3.69. The maximum Gasteiger partial charge on any atom is 0.0771 e. The van der Waals surface area contributed by atoms with Crippen molar-refractivity contribution in [2.75, 3.05) is 6.54 Å². The monoisotopic (exact) mass is 237 g/mol. The van der Waals surface area contributed by atoms with Gasteiger partial charge in [-0.05, 0) is 25.8 Å². The van der Waals surface area contributed by atoms with E-state index in [-0.39, 0.29) is 0 Å². The van der Waals surface area contributed by atoms with Crippen molar-refractivity contribution in [3.8, 4) is 0 Å². The third-order valence-electron chi connectivity index (χ3n) is 3.58. The Bertz CT molecular complexity index is 317. The van der Waals surface area contributed by atoms with Crippen molar-refractivity contribution >= 4 is 0 Å². The third-order valence-corrected chi connectivity index (χ3v) is 3.58. The van der Waals surface area contributed by atoms with E-state index in [1.165, 1.54) is 6.42 Å². The van der Waals surface area contributed by atoms with Crippen LogP contribution in [0.25, 0.3) is 0 Å². The van der Waals surface area contributed by atoms with E-state index in [0.29, 0.717) is 12.6 Å². The zero-order valence-electron chi connectivity index (χ0n) is 10.6. The Morgan fingerprint density at radius 3 is 2.82 bits per heavy atom. The summed E-state index contributed by atoms with van der Waals surface area (Å²) in [4.78, 5) is 0. The van der Waals surface area contributed by atoms with Crippen LogP contribution in [0.5, 0.6) is 0 Å². The molecule has 0 saturated heterocycles. The summed E-state index contributed by atoms with van der Waals surface area (Å²) < 4.78 is 1.92. The van der Waals surface area contributed by atoms with Gasteiger partial charge in [0.1, 0.15) is 0 Å². The highest BCUT2D eigenvalue weighted by Crippen LogP contribution is 2.27. The number of hydrogen-bond acceptors (Lipinski definition) is 3. The maximum atomic E-state index is 10.4. The zero-order valence-corrected chi connectivity index (χ0v) is 10.6. The Morgan fingerprint density at radius 2 is 2.18 bits per heavy atom. The van der Waals surface area contributed by atoms with E-state index in [1.54, 1.807) is 6.20 Å². The molecule has 2 N–H and O–H groups in total. The molecule has 96 valence electrons. The van der Waals surface area contributed by atoms with Gasteiger partial charge >= 0.3 is 0 Å². The second kappa shape index (κ2) is 5.65. The molecule has 0 aromatic carbocycles. The van der Waals surface area contributed by atoms with Crippen molar-refractivity contribution in [2.45, 2.75) is 57.2 Å². The average molecular weight is 237 g/mol. The number of rotatable bonds is 5. The Hall–Kier alpha value is -0.870. The summed E-state index contributed by atoms with van der Waals surface area (Å²) in [5, 5.41) is 18.0. The van der Waals surface area contributed by atoms with Gasteiger partial charge in [0.25, 0.3) is 0 Å². The topological polar surface area (TPSA) is 50.1 Å². The molecule has 1 saturated carbocycles. The standard InChI is InChI=1S/C13H23N3O/c1-12(10-16-9-5-8-15-16)14-11-13(17)6-3-2-4-7-13/h5,8-9,12,14,17H,2-4,6-7,10-11H2,1H3/t12-/m0/s1. The minimum Gasteiger partial charge on any atom is -0.389 e. The van der Waals surface area contributed by atoms with Gasteiger partial charge in [-0.1, -0.05) is 19.3 Å². The van der Waals surface area contributed by atoms with Crippen LogP contribution in [-0.2, 0) is 6.54 Å². The molecule has 1 aliphatic carbocycles. The lowest BCUT2D eigenvalue weighted by Gasteiger charge is -2.33. The molecular formula is C13H23N3O. The Morgan fingerprint density at radius 1 is 1.41 bits per heavy atom. The predicted octanol–water partition coefficient (Wildman–Crippen LogP) is 1.56. The fourth-order valence-electron chi connectivity index (χ4n) is 2.50. The Balaban J connectivity index is 1.73. The maximum absolute atomic E-state index is 10.4. The summed E-state index contributed by atoms with van der Waals surface area (Å²) in [6.07, 6.45) is 9.22. The minimum atomic E-state index is -0.476. The summed E-state index contributed by atoms with van der Waals surface area (Å²) in [5.74, 6) is 0. The molecule has 17 heavy (non-hydrogen) atoms. The van der Waals surface area contributed by atoms with E-state index >= 15 is 0 Å². The van der Waals surface area contributed by atoms with Crippen molar-refractivity contribution in [2.24, 2.45) is 0 Å². The van der Waals surface area contributed by atoms with Crippen molar-refractivity contribution in [1.29, 1.82) is 0 Å². The fraction of sp³-hybridized carbons (Fsp3) is 0.769. The molecule has 0 unspecified atom stereocenters. The van der Waals surface area contributed by atoms with E-state index in [2.05, 4.69) is 17.3 Å². The molecule has 0 aliphatic heterocycles. The molecule has 0 radical (unpaired) electrons. The summed E-state index contributed by atoms with van der Waals surface area (Å²) in [5.41, 5.74) is -0.476. The van der Waals surface area contributed by atoms with E-state index < -0.39 is 5.60 Å². The summed E-state index contributed by atoms with van der Waals surface area (Å²) >= 11 is 0. The first-order chi connectivity index (χ1) is 8.18.